The highest BCUT2D eigenvalue weighted by atomic mass is 35.5. The van der Waals surface area contributed by atoms with Crippen molar-refractivity contribution in [3.05, 3.63) is 65.3 Å². The lowest BCUT2D eigenvalue weighted by molar-refractivity contribution is -0.118. The molecule has 0 atom stereocenters. The van der Waals surface area contributed by atoms with Crippen LogP contribution in [0, 0.1) is 0 Å². The third kappa shape index (κ3) is 4.89. The molecule has 1 amide bonds. The van der Waals surface area contributed by atoms with E-state index in [2.05, 4.69) is 11.4 Å². The minimum absolute atomic E-state index is 0.0133. The van der Waals surface area contributed by atoms with E-state index in [1.165, 1.54) is 6.92 Å². The maximum absolute atomic E-state index is 11.0. The first-order valence-corrected chi connectivity index (χ1v) is 9.18. The number of hydrogen-bond donors (Lipinski definition) is 1. The van der Waals surface area contributed by atoms with E-state index in [1.54, 1.807) is 7.11 Å². The Labute approximate surface area is 163 Å². The summed E-state index contributed by atoms with van der Waals surface area (Å²) in [5.74, 6) is 0.787. The van der Waals surface area contributed by atoms with Gasteiger partial charge in [0.05, 0.1) is 24.2 Å². The number of halogens is 1. The van der Waals surface area contributed by atoms with E-state index in [0.717, 1.165) is 41.2 Å². The van der Waals surface area contributed by atoms with Crippen LogP contribution in [0.15, 0.2) is 54.6 Å². The third-order valence-electron chi connectivity index (χ3n) is 4.20. The van der Waals surface area contributed by atoms with Crippen molar-refractivity contribution in [3.8, 4) is 22.7 Å². The van der Waals surface area contributed by atoms with Gasteiger partial charge in [0.15, 0.2) is 0 Å². The van der Waals surface area contributed by atoms with Gasteiger partial charge in [0.1, 0.15) is 5.75 Å². The Kier molecular flexibility index (Phi) is 6.14. The van der Waals surface area contributed by atoms with Crippen molar-refractivity contribution in [2.24, 2.45) is 0 Å². The van der Waals surface area contributed by atoms with E-state index >= 15 is 0 Å². The number of nitrogens with zero attached hydrogens (tertiary/aromatic N) is 2. The van der Waals surface area contributed by atoms with Gasteiger partial charge in [-0.25, -0.2) is 4.68 Å². The second-order valence-electron chi connectivity index (χ2n) is 6.22. The number of aromatic nitrogens is 2. The molecule has 1 heterocycles. The number of benzene rings is 2. The fourth-order valence-corrected chi connectivity index (χ4v) is 2.96. The van der Waals surface area contributed by atoms with E-state index in [-0.39, 0.29) is 5.91 Å². The fraction of sp³-hybridized carbons (Fsp3) is 0.238. The maximum atomic E-state index is 11.0. The van der Waals surface area contributed by atoms with Crippen molar-refractivity contribution >= 4 is 17.5 Å². The summed E-state index contributed by atoms with van der Waals surface area (Å²) in [6.45, 7) is 2.16. The molecule has 1 N–H and O–H groups in total. The molecule has 1 aromatic heterocycles. The van der Waals surface area contributed by atoms with Gasteiger partial charge in [-0.15, -0.1) is 0 Å². The lowest BCUT2D eigenvalue weighted by Crippen LogP contribution is -2.21. The van der Waals surface area contributed by atoms with Gasteiger partial charge in [0, 0.05) is 24.1 Å². The molecule has 5 nitrogen and oxygen atoms in total. The van der Waals surface area contributed by atoms with E-state index < -0.39 is 0 Å². The van der Waals surface area contributed by atoms with Crippen LogP contribution in [0.1, 0.15) is 19.0 Å². The molecular formula is C21H22ClN3O2. The smallest absolute Gasteiger partial charge is 0.216 e. The van der Waals surface area contributed by atoms with Crippen LogP contribution in [0.5, 0.6) is 5.75 Å². The van der Waals surface area contributed by atoms with Crippen LogP contribution < -0.4 is 10.1 Å². The predicted octanol–water partition coefficient (Wildman–Crippen LogP) is 4.27. The first-order valence-electron chi connectivity index (χ1n) is 8.80. The molecule has 2 aromatic carbocycles. The Hall–Kier alpha value is -2.79. The number of carbonyl (C=O) groups is 1. The molecule has 0 saturated carbocycles. The number of rotatable bonds is 7. The highest BCUT2D eigenvalue weighted by Crippen LogP contribution is 2.26. The molecule has 0 bridgehead atoms. The van der Waals surface area contributed by atoms with Crippen LogP contribution in [0.2, 0.25) is 5.02 Å². The Morgan fingerprint density at radius 2 is 1.85 bits per heavy atom. The summed E-state index contributed by atoms with van der Waals surface area (Å²) in [6, 6.07) is 17.6. The first-order chi connectivity index (χ1) is 13.1. The van der Waals surface area contributed by atoms with E-state index in [9.17, 15) is 4.79 Å². The molecule has 0 aliphatic carbocycles. The fourth-order valence-electron chi connectivity index (χ4n) is 2.83. The largest absolute Gasteiger partial charge is 0.497 e. The molecule has 0 fully saturated rings. The summed E-state index contributed by atoms with van der Waals surface area (Å²) in [7, 11) is 1.65. The zero-order valence-electron chi connectivity index (χ0n) is 15.4. The molecule has 27 heavy (non-hydrogen) atoms. The van der Waals surface area contributed by atoms with Gasteiger partial charge >= 0.3 is 0 Å². The van der Waals surface area contributed by atoms with E-state index in [4.69, 9.17) is 21.4 Å². The van der Waals surface area contributed by atoms with Crippen molar-refractivity contribution in [1.82, 2.24) is 15.1 Å². The molecule has 0 aliphatic rings. The Balaban J connectivity index is 1.90. The lowest BCUT2D eigenvalue weighted by Gasteiger charge is -2.08. The topological polar surface area (TPSA) is 56.1 Å². The minimum Gasteiger partial charge on any atom is -0.497 e. The van der Waals surface area contributed by atoms with Crippen LogP contribution in [0.4, 0.5) is 0 Å². The molecule has 0 unspecified atom stereocenters. The molecule has 0 aliphatic heterocycles. The monoisotopic (exact) mass is 383 g/mol. The van der Waals surface area contributed by atoms with Crippen LogP contribution in [0.3, 0.4) is 0 Å². The summed E-state index contributed by atoms with van der Waals surface area (Å²) < 4.78 is 7.17. The van der Waals surface area contributed by atoms with Gasteiger partial charge < -0.3 is 10.1 Å². The molecule has 6 heteroatoms. The Morgan fingerprint density at radius 1 is 1.15 bits per heavy atom. The number of methoxy groups -OCH3 is 1. The second-order valence-corrected chi connectivity index (χ2v) is 6.66. The van der Waals surface area contributed by atoms with Crippen LogP contribution in [-0.2, 0) is 11.2 Å². The molecule has 0 spiro atoms. The van der Waals surface area contributed by atoms with Gasteiger partial charge in [-0.2, -0.15) is 5.10 Å². The van der Waals surface area contributed by atoms with Gasteiger partial charge in [0.25, 0.3) is 0 Å². The van der Waals surface area contributed by atoms with Gasteiger partial charge in [-0.1, -0.05) is 23.7 Å². The van der Waals surface area contributed by atoms with Crippen molar-refractivity contribution in [3.63, 3.8) is 0 Å². The van der Waals surface area contributed by atoms with Crippen molar-refractivity contribution in [1.29, 1.82) is 0 Å². The highest BCUT2D eigenvalue weighted by molar-refractivity contribution is 6.30. The standard InChI is InChI=1S/C21H22ClN3O2/c1-15(26)23-13-3-4-18-14-21(16-5-7-17(22)8-6-16)25(24-18)19-9-11-20(27-2)12-10-19/h5-12,14H,3-4,13H2,1-2H3,(H,23,26). The number of nitrogens with one attached hydrogen (secondary N) is 1. The maximum Gasteiger partial charge on any atom is 0.216 e. The van der Waals surface area contributed by atoms with E-state index in [1.807, 2.05) is 53.2 Å². The van der Waals surface area contributed by atoms with Gasteiger partial charge in [0.2, 0.25) is 5.91 Å². The van der Waals surface area contributed by atoms with E-state index in [0.29, 0.717) is 11.6 Å². The number of hydrogen-bond acceptors (Lipinski definition) is 3. The van der Waals surface area contributed by atoms with Gasteiger partial charge in [-0.05, 0) is 55.3 Å². The highest BCUT2D eigenvalue weighted by Gasteiger charge is 2.12. The first kappa shape index (κ1) is 19.0. The SMILES string of the molecule is COc1ccc(-n2nc(CCCNC(C)=O)cc2-c2ccc(Cl)cc2)cc1. The average Bonchev–Trinajstić information content (AvgIpc) is 3.10. The molecule has 0 saturated heterocycles. The number of carbonyl (C=O) groups excluding carboxylic acids is 1. The molecule has 3 aromatic rings. The summed E-state index contributed by atoms with van der Waals surface area (Å²) in [4.78, 5) is 11.0. The molecule has 3 rings (SSSR count). The third-order valence-corrected chi connectivity index (χ3v) is 4.45. The number of aryl methyl sites for hydroxylation is 1. The second kappa shape index (κ2) is 8.73. The normalized spacial score (nSPS) is 10.6. The number of ether oxygens (including phenoxy) is 1. The van der Waals surface area contributed by atoms with Crippen LogP contribution >= 0.6 is 11.6 Å². The minimum atomic E-state index is -0.0133. The average molecular weight is 384 g/mol. The number of amides is 1. The molecular weight excluding hydrogens is 362 g/mol. The summed E-state index contributed by atoms with van der Waals surface area (Å²) in [6.07, 6.45) is 1.61. The lowest BCUT2D eigenvalue weighted by atomic mass is 10.1. The summed E-state index contributed by atoms with van der Waals surface area (Å²) in [5.41, 5.74) is 3.96. The zero-order valence-corrected chi connectivity index (χ0v) is 16.2. The van der Waals surface area contributed by atoms with Gasteiger partial charge in [-0.3, -0.25) is 4.79 Å². The summed E-state index contributed by atoms with van der Waals surface area (Å²) >= 11 is 6.03. The molecule has 0 radical (unpaired) electrons. The van der Waals surface area contributed by atoms with Crippen molar-refractivity contribution in [2.75, 3.05) is 13.7 Å². The quantitative estimate of drug-likeness (QED) is 0.620. The van der Waals surface area contributed by atoms with Crippen molar-refractivity contribution < 1.29 is 9.53 Å². The summed E-state index contributed by atoms with van der Waals surface area (Å²) in [5, 5.41) is 8.30. The Morgan fingerprint density at radius 3 is 2.48 bits per heavy atom. The Bertz CT molecular complexity index is 902. The van der Waals surface area contributed by atoms with Crippen LogP contribution in [-0.4, -0.2) is 29.3 Å². The van der Waals surface area contributed by atoms with Crippen molar-refractivity contribution in [2.45, 2.75) is 19.8 Å². The predicted molar refractivity (Wildman–Crippen MR) is 108 cm³/mol. The zero-order chi connectivity index (χ0) is 19.2. The molecule has 140 valence electrons. The van der Waals surface area contributed by atoms with Crippen LogP contribution in [0.25, 0.3) is 16.9 Å².